The van der Waals surface area contributed by atoms with Crippen LogP contribution in [-0.4, -0.2) is 87.7 Å². The van der Waals surface area contributed by atoms with E-state index in [1.54, 1.807) is 12.4 Å². The SMILES string of the molecule is NC(N)=NCCC[C@@H]1NC(=O)[C@@H](Cc2ccccc2)NC(=O)[C@@H](Cc2cnc[nH]2)NC(=O)CCCCNC(=O)[C@H](Cc2c[nH]c3ccccc23)NC1=O. The molecule has 0 aliphatic carbocycles. The van der Waals surface area contributed by atoms with Gasteiger partial charge in [-0.05, 0) is 42.9 Å². The van der Waals surface area contributed by atoms with Crippen molar-refractivity contribution in [3.8, 4) is 0 Å². The van der Waals surface area contributed by atoms with Gasteiger partial charge in [-0.25, -0.2) is 4.98 Å². The van der Waals surface area contributed by atoms with Crippen LogP contribution < -0.4 is 38.1 Å². The Balaban J connectivity index is 1.45. The molecule has 0 unspecified atom stereocenters. The fourth-order valence-electron chi connectivity index (χ4n) is 6.22. The number of hydrogen-bond donors (Lipinski definition) is 9. The highest BCUT2D eigenvalue weighted by Crippen LogP contribution is 2.19. The molecule has 1 aliphatic rings. The summed E-state index contributed by atoms with van der Waals surface area (Å²) >= 11 is 0. The van der Waals surface area contributed by atoms with E-state index in [9.17, 15) is 24.0 Å². The number of H-pyrrole nitrogens is 2. The number of para-hydroxylation sites is 1. The number of benzene rings is 2. The van der Waals surface area contributed by atoms with Crippen molar-refractivity contribution in [2.75, 3.05) is 13.1 Å². The van der Waals surface area contributed by atoms with Crippen molar-refractivity contribution in [3.05, 3.63) is 90.1 Å². The Morgan fingerprint density at radius 2 is 1.42 bits per heavy atom. The van der Waals surface area contributed by atoms with Crippen molar-refractivity contribution in [1.29, 1.82) is 0 Å². The molecule has 0 radical (unpaired) electrons. The van der Waals surface area contributed by atoms with Gasteiger partial charge in [0.05, 0.1) is 6.33 Å². The normalized spacial score (nSPS) is 20.9. The van der Waals surface area contributed by atoms with Gasteiger partial charge in [0, 0.05) is 67.8 Å². The minimum atomic E-state index is -1.14. The van der Waals surface area contributed by atoms with Crippen molar-refractivity contribution >= 4 is 46.4 Å². The van der Waals surface area contributed by atoms with E-state index in [2.05, 4.69) is 46.5 Å². The van der Waals surface area contributed by atoms with Crippen LogP contribution in [0.1, 0.15) is 48.9 Å². The van der Waals surface area contributed by atoms with Gasteiger partial charge in [0.25, 0.3) is 0 Å². The second-order valence-corrected chi connectivity index (χ2v) is 13.0. The number of carbonyl (C=O) groups is 5. The van der Waals surface area contributed by atoms with Crippen molar-refractivity contribution < 1.29 is 24.0 Å². The average Bonchev–Trinajstić information content (AvgIpc) is 3.81. The number of nitrogens with two attached hydrogens (primary N) is 2. The minimum absolute atomic E-state index is 0.0943. The second kappa shape index (κ2) is 18.9. The molecule has 280 valence electrons. The van der Waals surface area contributed by atoms with Gasteiger partial charge in [-0.1, -0.05) is 48.5 Å². The Bertz CT molecular complexity index is 1870. The van der Waals surface area contributed by atoms with E-state index >= 15 is 0 Å². The number of rotatable bonds is 10. The predicted molar refractivity (Wildman–Crippen MR) is 199 cm³/mol. The largest absolute Gasteiger partial charge is 0.370 e. The summed E-state index contributed by atoms with van der Waals surface area (Å²) in [7, 11) is 0. The first-order valence-corrected chi connectivity index (χ1v) is 17.8. The van der Waals surface area contributed by atoms with Gasteiger partial charge < -0.3 is 48.0 Å². The van der Waals surface area contributed by atoms with Crippen molar-refractivity contribution in [1.82, 2.24) is 41.5 Å². The minimum Gasteiger partial charge on any atom is -0.370 e. The predicted octanol–water partition coefficient (Wildman–Crippen LogP) is 0.212. The van der Waals surface area contributed by atoms with Crippen LogP contribution in [0.5, 0.6) is 0 Å². The Morgan fingerprint density at radius 1 is 0.736 bits per heavy atom. The Morgan fingerprint density at radius 3 is 2.15 bits per heavy atom. The third-order valence-electron chi connectivity index (χ3n) is 8.99. The molecule has 0 saturated carbocycles. The number of nitrogens with zero attached hydrogens (tertiary/aromatic N) is 2. The van der Waals surface area contributed by atoms with Crippen LogP contribution in [0.25, 0.3) is 10.9 Å². The molecule has 1 aliphatic heterocycles. The van der Waals surface area contributed by atoms with Gasteiger partial charge in [0.15, 0.2) is 5.96 Å². The molecular weight excluding hydrogens is 678 g/mol. The summed E-state index contributed by atoms with van der Waals surface area (Å²) in [6.45, 7) is 0.449. The topological polar surface area (TPSA) is 254 Å². The number of aliphatic imine (C=N–C) groups is 1. The summed E-state index contributed by atoms with van der Waals surface area (Å²) in [6.07, 6.45) is 6.66. The molecule has 0 spiro atoms. The highest BCUT2D eigenvalue weighted by molar-refractivity contribution is 5.96. The second-order valence-electron chi connectivity index (χ2n) is 13.0. The summed E-state index contributed by atoms with van der Waals surface area (Å²) in [6, 6.07) is 12.5. The maximum Gasteiger partial charge on any atom is 0.243 e. The van der Waals surface area contributed by atoms with Gasteiger partial charge in [-0.2, -0.15) is 0 Å². The van der Waals surface area contributed by atoms with Gasteiger partial charge in [-0.15, -0.1) is 0 Å². The number of amides is 5. The van der Waals surface area contributed by atoms with Crippen LogP contribution >= 0.6 is 0 Å². The number of aromatic nitrogens is 3. The summed E-state index contributed by atoms with van der Waals surface area (Å²) in [5, 5.41) is 15.1. The zero-order valence-electron chi connectivity index (χ0n) is 29.4. The first-order valence-electron chi connectivity index (χ1n) is 17.8. The number of imidazole rings is 1. The van der Waals surface area contributed by atoms with Crippen molar-refractivity contribution in [2.45, 2.75) is 75.5 Å². The molecule has 16 nitrogen and oxygen atoms in total. The standard InChI is InChI=1S/C37H47N11O5/c38-37(39)42-16-8-13-28-34(51)48-30(18-24-20-43-27-12-5-4-11-26(24)27)33(50)41-15-7-6-14-32(49)45-31(19-25-21-40-22-44-25)36(53)47-29(35(52)46-28)17-23-9-2-1-3-10-23/h1-5,9-12,20-22,28-31,43H,6-8,13-19H2,(H,40,44)(H,41,50)(H,45,49)(H,46,52)(H,47,53)(H,48,51)(H4,38,39,42)/t28-,29+,30-,31+/m0/s1. The van der Waals surface area contributed by atoms with E-state index in [1.165, 1.54) is 6.33 Å². The van der Waals surface area contributed by atoms with E-state index in [0.717, 1.165) is 22.0 Å². The van der Waals surface area contributed by atoms with Crippen LogP contribution in [-0.2, 0) is 43.2 Å². The van der Waals surface area contributed by atoms with E-state index in [1.807, 2.05) is 54.6 Å². The zero-order valence-corrected chi connectivity index (χ0v) is 29.4. The molecule has 4 aromatic rings. The van der Waals surface area contributed by atoms with Crippen molar-refractivity contribution in [2.24, 2.45) is 16.5 Å². The highest BCUT2D eigenvalue weighted by atomic mass is 16.2. The van der Waals surface area contributed by atoms with E-state index in [-0.39, 0.29) is 57.1 Å². The molecule has 3 heterocycles. The van der Waals surface area contributed by atoms with Crippen LogP contribution in [0, 0.1) is 0 Å². The molecule has 1 saturated heterocycles. The number of hydrogen-bond acceptors (Lipinski definition) is 7. The smallest absolute Gasteiger partial charge is 0.243 e. The van der Waals surface area contributed by atoms with Gasteiger partial charge in [0.1, 0.15) is 24.2 Å². The lowest BCUT2D eigenvalue weighted by atomic mass is 10.0. The Kier molecular flexibility index (Phi) is 13.6. The van der Waals surface area contributed by atoms with E-state index in [4.69, 9.17) is 11.5 Å². The van der Waals surface area contributed by atoms with Gasteiger partial charge in [0.2, 0.25) is 29.5 Å². The lowest BCUT2D eigenvalue weighted by Gasteiger charge is -2.27. The molecule has 1 fully saturated rings. The lowest BCUT2D eigenvalue weighted by molar-refractivity contribution is -0.134. The summed E-state index contributed by atoms with van der Waals surface area (Å²) in [5.74, 6) is -2.67. The monoisotopic (exact) mass is 725 g/mol. The molecule has 5 rings (SSSR count). The van der Waals surface area contributed by atoms with Gasteiger partial charge >= 0.3 is 0 Å². The summed E-state index contributed by atoms with van der Waals surface area (Å²) in [4.78, 5) is 83.0. The molecule has 2 aromatic carbocycles. The number of carbonyl (C=O) groups excluding carboxylic acids is 5. The average molecular weight is 726 g/mol. The molecular formula is C37H47N11O5. The van der Waals surface area contributed by atoms with Crippen LogP contribution in [0.15, 0.2) is 78.3 Å². The molecule has 16 heteroatoms. The fraction of sp³-hybridized carbons (Fsp3) is 0.378. The zero-order chi connectivity index (χ0) is 37.6. The van der Waals surface area contributed by atoms with Crippen LogP contribution in [0.3, 0.4) is 0 Å². The van der Waals surface area contributed by atoms with Crippen LogP contribution in [0.4, 0.5) is 0 Å². The molecule has 2 aromatic heterocycles. The fourth-order valence-corrected chi connectivity index (χ4v) is 6.22. The van der Waals surface area contributed by atoms with Crippen LogP contribution in [0.2, 0.25) is 0 Å². The molecule has 11 N–H and O–H groups in total. The number of nitrogens with one attached hydrogen (secondary N) is 7. The molecule has 4 atom stereocenters. The number of fused-ring (bicyclic) bond motifs is 1. The first-order chi connectivity index (χ1) is 25.7. The lowest BCUT2D eigenvalue weighted by Crippen LogP contribution is -2.59. The number of aromatic amines is 2. The third-order valence-corrected chi connectivity index (χ3v) is 8.99. The van der Waals surface area contributed by atoms with E-state index < -0.39 is 47.8 Å². The number of guanidine groups is 1. The summed E-state index contributed by atoms with van der Waals surface area (Å²) in [5.41, 5.74) is 14.1. The first kappa shape index (κ1) is 38.1. The van der Waals surface area contributed by atoms with Crippen molar-refractivity contribution in [3.63, 3.8) is 0 Å². The van der Waals surface area contributed by atoms with E-state index in [0.29, 0.717) is 25.0 Å². The summed E-state index contributed by atoms with van der Waals surface area (Å²) < 4.78 is 0. The highest BCUT2D eigenvalue weighted by Gasteiger charge is 2.32. The Labute approximate surface area is 306 Å². The molecule has 0 bridgehead atoms. The Hall–Kier alpha value is -6.19. The molecule has 5 amide bonds. The quantitative estimate of drug-likeness (QED) is 0.0619. The maximum absolute atomic E-state index is 14.1. The van der Waals surface area contributed by atoms with Gasteiger partial charge in [-0.3, -0.25) is 29.0 Å². The maximum atomic E-state index is 14.1. The molecule has 53 heavy (non-hydrogen) atoms. The third kappa shape index (κ3) is 11.4.